The fourth-order valence-electron chi connectivity index (χ4n) is 3.56. The highest BCUT2D eigenvalue weighted by molar-refractivity contribution is 7.89. The van der Waals surface area contributed by atoms with Crippen molar-refractivity contribution >= 4 is 33.0 Å². The summed E-state index contributed by atoms with van der Waals surface area (Å²) in [6.07, 6.45) is 3.17. The fraction of sp³-hybridized carbons (Fsp3) is 0.353. The van der Waals surface area contributed by atoms with Crippen molar-refractivity contribution in [1.82, 2.24) is 23.8 Å². The van der Waals surface area contributed by atoms with E-state index in [0.717, 1.165) is 18.4 Å². The Bertz CT molecular complexity index is 1110. The summed E-state index contributed by atoms with van der Waals surface area (Å²) in [5.74, 6) is 0.282. The molecule has 0 spiro atoms. The maximum atomic E-state index is 13.1. The van der Waals surface area contributed by atoms with Crippen molar-refractivity contribution in [2.45, 2.75) is 37.2 Å². The first-order valence-electron chi connectivity index (χ1n) is 8.68. The second-order valence-corrected chi connectivity index (χ2v) is 8.66. The van der Waals surface area contributed by atoms with Crippen LogP contribution in [0.4, 0.5) is 11.8 Å². The average molecular weight is 387 g/mol. The number of aryl methyl sites for hydroxylation is 1. The Labute approximate surface area is 157 Å². The largest absolute Gasteiger partial charge is 0.382 e. The Morgan fingerprint density at radius 1 is 1.26 bits per heavy atom. The molecule has 0 radical (unpaired) electrons. The molecule has 1 aromatic carbocycles. The lowest BCUT2D eigenvalue weighted by Crippen LogP contribution is -2.38. The van der Waals surface area contributed by atoms with Gasteiger partial charge >= 0.3 is 0 Å². The number of fused-ring (bicyclic) bond motifs is 1. The van der Waals surface area contributed by atoms with E-state index in [1.807, 2.05) is 13.0 Å². The van der Waals surface area contributed by atoms with Crippen molar-refractivity contribution in [2.75, 3.05) is 18.0 Å². The second kappa shape index (κ2) is 6.46. The second-order valence-electron chi connectivity index (χ2n) is 6.76. The summed E-state index contributed by atoms with van der Waals surface area (Å²) < 4.78 is 29.6. The SMILES string of the molecule is Cc1cccc(S(=O)(=O)N2CCCC2Cn2cnc3c(N)nc(N)nc32)c1. The maximum absolute atomic E-state index is 13.1. The molecule has 1 aliphatic rings. The highest BCUT2D eigenvalue weighted by Gasteiger charge is 2.35. The van der Waals surface area contributed by atoms with Crippen LogP contribution in [-0.2, 0) is 16.6 Å². The Hall–Kier alpha value is -2.72. The number of nitrogens with two attached hydrogens (primary N) is 2. The van der Waals surface area contributed by atoms with Crippen molar-refractivity contribution < 1.29 is 8.42 Å². The van der Waals surface area contributed by atoms with Crippen LogP contribution in [0.25, 0.3) is 11.2 Å². The molecule has 1 aliphatic heterocycles. The zero-order valence-electron chi connectivity index (χ0n) is 14.9. The molecule has 1 unspecified atom stereocenters. The molecule has 0 saturated carbocycles. The first-order valence-corrected chi connectivity index (χ1v) is 10.1. The lowest BCUT2D eigenvalue weighted by atomic mass is 10.2. The maximum Gasteiger partial charge on any atom is 0.243 e. The van der Waals surface area contributed by atoms with Gasteiger partial charge in [-0.05, 0) is 37.5 Å². The number of benzene rings is 1. The molecule has 0 amide bonds. The van der Waals surface area contributed by atoms with E-state index in [-0.39, 0.29) is 17.8 Å². The smallest absolute Gasteiger partial charge is 0.243 e. The fourth-order valence-corrected chi connectivity index (χ4v) is 5.35. The molecule has 10 heteroatoms. The third-order valence-electron chi connectivity index (χ3n) is 4.83. The van der Waals surface area contributed by atoms with Crippen LogP contribution in [0, 0.1) is 6.92 Å². The Morgan fingerprint density at radius 2 is 2.07 bits per heavy atom. The van der Waals surface area contributed by atoms with Crippen molar-refractivity contribution in [3.63, 3.8) is 0 Å². The van der Waals surface area contributed by atoms with E-state index in [9.17, 15) is 8.42 Å². The van der Waals surface area contributed by atoms with Crippen molar-refractivity contribution in [3.8, 4) is 0 Å². The molecule has 1 atom stereocenters. The minimum atomic E-state index is -3.57. The van der Waals surface area contributed by atoms with Crippen LogP contribution in [0.3, 0.4) is 0 Å². The monoisotopic (exact) mass is 387 g/mol. The predicted octanol–water partition coefficient (Wildman–Crippen LogP) is 1.15. The van der Waals surface area contributed by atoms with Gasteiger partial charge in [-0.3, -0.25) is 0 Å². The van der Waals surface area contributed by atoms with Crippen molar-refractivity contribution in [2.24, 2.45) is 0 Å². The summed E-state index contributed by atoms with van der Waals surface area (Å²) in [5.41, 5.74) is 13.4. The van der Waals surface area contributed by atoms with E-state index in [2.05, 4.69) is 15.0 Å². The molecule has 1 fully saturated rings. The number of anilines is 2. The van der Waals surface area contributed by atoms with E-state index in [4.69, 9.17) is 11.5 Å². The zero-order valence-corrected chi connectivity index (χ0v) is 15.7. The first-order chi connectivity index (χ1) is 12.9. The van der Waals surface area contributed by atoms with Crippen LogP contribution in [0.5, 0.6) is 0 Å². The van der Waals surface area contributed by atoms with E-state index in [1.54, 1.807) is 33.4 Å². The molecule has 0 aliphatic carbocycles. The van der Waals surface area contributed by atoms with Gasteiger partial charge < -0.3 is 16.0 Å². The highest BCUT2D eigenvalue weighted by atomic mass is 32.2. The molecule has 3 heterocycles. The number of aromatic nitrogens is 4. The van der Waals surface area contributed by atoms with Crippen LogP contribution < -0.4 is 11.5 Å². The van der Waals surface area contributed by atoms with E-state index < -0.39 is 10.0 Å². The summed E-state index contributed by atoms with van der Waals surface area (Å²) in [6, 6.07) is 6.79. The molecule has 4 rings (SSSR count). The molecule has 2 aromatic heterocycles. The molecule has 1 saturated heterocycles. The zero-order chi connectivity index (χ0) is 19.2. The standard InChI is InChI=1S/C17H21N7O2S/c1-11-4-2-6-13(8-11)27(25,26)24-7-3-5-12(24)9-23-10-20-14-15(18)21-17(19)22-16(14)23/h2,4,6,8,10,12H,3,5,7,9H2,1H3,(H4,18,19,21,22). The molecule has 4 N–H and O–H groups in total. The summed E-state index contributed by atoms with van der Waals surface area (Å²) in [4.78, 5) is 12.7. The molecule has 9 nitrogen and oxygen atoms in total. The van der Waals surface area contributed by atoms with Gasteiger partial charge in [0.15, 0.2) is 11.5 Å². The molecule has 3 aromatic rings. The summed E-state index contributed by atoms with van der Waals surface area (Å²) in [5, 5.41) is 0. The van der Waals surface area contributed by atoms with Crippen LogP contribution in [0.1, 0.15) is 18.4 Å². The minimum absolute atomic E-state index is 0.0670. The number of sulfonamides is 1. The average Bonchev–Trinajstić information content (AvgIpc) is 3.23. The topological polar surface area (TPSA) is 133 Å². The van der Waals surface area contributed by atoms with Crippen molar-refractivity contribution in [3.05, 3.63) is 36.2 Å². The van der Waals surface area contributed by atoms with Gasteiger partial charge in [-0.2, -0.15) is 14.3 Å². The third kappa shape index (κ3) is 3.10. The van der Waals surface area contributed by atoms with Gasteiger partial charge in [0.25, 0.3) is 0 Å². The highest BCUT2D eigenvalue weighted by Crippen LogP contribution is 2.28. The molecule has 27 heavy (non-hydrogen) atoms. The van der Waals surface area contributed by atoms with Crippen LogP contribution in [0.2, 0.25) is 0 Å². The van der Waals surface area contributed by atoms with Gasteiger partial charge in [-0.15, -0.1) is 0 Å². The molecular formula is C17H21N7O2S. The Kier molecular flexibility index (Phi) is 4.23. The predicted molar refractivity (Wildman–Crippen MR) is 102 cm³/mol. The van der Waals surface area contributed by atoms with Gasteiger partial charge in [-0.1, -0.05) is 12.1 Å². The summed E-state index contributed by atoms with van der Waals surface area (Å²) >= 11 is 0. The van der Waals surface area contributed by atoms with E-state index >= 15 is 0 Å². The van der Waals surface area contributed by atoms with E-state index in [1.165, 1.54) is 0 Å². The summed E-state index contributed by atoms with van der Waals surface area (Å²) in [6.45, 7) is 2.80. The molecule has 0 bridgehead atoms. The molecular weight excluding hydrogens is 366 g/mol. The number of imidazole rings is 1. The van der Waals surface area contributed by atoms with Gasteiger partial charge in [-0.25, -0.2) is 13.4 Å². The molecule has 142 valence electrons. The normalized spacial score (nSPS) is 18.3. The number of nitrogen functional groups attached to an aromatic ring is 2. The number of hydrogen-bond donors (Lipinski definition) is 2. The lowest BCUT2D eigenvalue weighted by molar-refractivity contribution is 0.354. The van der Waals surface area contributed by atoms with Crippen LogP contribution >= 0.6 is 0 Å². The number of nitrogens with zero attached hydrogens (tertiary/aromatic N) is 5. The Morgan fingerprint density at radius 3 is 2.85 bits per heavy atom. The number of rotatable bonds is 4. The summed E-state index contributed by atoms with van der Waals surface area (Å²) in [7, 11) is -3.57. The van der Waals surface area contributed by atoms with Gasteiger partial charge in [0.05, 0.1) is 11.2 Å². The van der Waals surface area contributed by atoms with Gasteiger partial charge in [0, 0.05) is 19.1 Å². The van der Waals surface area contributed by atoms with Gasteiger partial charge in [0.2, 0.25) is 16.0 Å². The first kappa shape index (κ1) is 17.7. The van der Waals surface area contributed by atoms with E-state index in [0.29, 0.717) is 29.1 Å². The Balaban J connectivity index is 1.67. The quantitative estimate of drug-likeness (QED) is 0.686. The van der Waals surface area contributed by atoms with Crippen LogP contribution in [-0.4, -0.2) is 44.8 Å². The minimum Gasteiger partial charge on any atom is -0.382 e. The van der Waals surface area contributed by atoms with Crippen molar-refractivity contribution in [1.29, 1.82) is 0 Å². The van der Waals surface area contributed by atoms with Gasteiger partial charge in [0.1, 0.15) is 5.52 Å². The number of hydrogen-bond acceptors (Lipinski definition) is 7. The lowest BCUT2D eigenvalue weighted by Gasteiger charge is -2.24. The third-order valence-corrected chi connectivity index (χ3v) is 6.78. The van der Waals surface area contributed by atoms with Crippen LogP contribution in [0.15, 0.2) is 35.5 Å².